The Balaban J connectivity index is 2.50. The van der Waals surface area contributed by atoms with Gasteiger partial charge in [-0.3, -0.25) is 24.0 Å². The number of amides is 2. The van der Waals surface area contributed by atoms with Gasteiger partial charge in [0, 0.05) is 25.2 Å². The van der Waals surface area contributed by atoms with Crippen LogP contribution in [0.3, 0.4) is 0 Å². The predicted molar refractivity (Wildman–Crippen MR) is 141 cm³/mol. The molecular formula is C25H34N4O7S. The van der Waals surface area contributed by atoms with Crippen molar-refractivity contribution in [3.05, 3.63) is 63.7 Å². The van der Waals surface area contributed by atoms with Crippen molar-refractivity contribution in [2.45, 2.75) is 46.2 Å². The summed E-state index contributed by atoms with van der Waals surface area (Å²) in [5.41, 5.74) is 0.881. The van der Waals surface area contributed by atoms with E-state index in [4.69, 9.17) is 4.74 Å². The third kappa shape index (κ3) is 7.91. The third-order valence-corrected chi connectivity index (χ3v) is 6.93. The maximum absolute atomic E-state index is 13.7. The van der Waals surface area contributed by atoms with E-state index < -0.39 is 33.4 Å². The van der Waals surface area contributed by atoms with Crippen molar-refractivity contribution >= 4 is 33.2 Å². The second-order valence-electron chi connectivity index (χ2n) is 8.58. The van der Waals surface area contributed by atoms with Crippen LogP contribution in [0.2, 0.25) is 0 Å². The first-order valence-electron chi connectivity index (χ1n) is 11.9. The number of hydrogen-bond acceptors (Lipinski definition) is 7. The van der Waals surface area contributed by atoms with E-state index in [1.165, 1.54) is 24.1 Å². The standard InChI is InChI=1S/C25H34N4O7S/c1-6-14-26-25(31)22(7-2)27(16-19-9-12-21(36-4)13-10-19)24(30)17-28(37(5,34)35)23-15-20(29(32)33)11-8-18(23)3/h8-13,15,22H,6-7,14,16-17H2,1-5H3,(H,26,31)/t22-/m0/s1. The van der Waals surface area contributed by atoms with Crippen LogP contribution in [0.25, 0.3) is 0 Å². The quantitative estimate of drug-likeness (QED) is 0.308. The van der Waals surface area contributed by atoms with Crippen molar-refractivity contribution in [2.75, 3.05) is 30.8 Å². The van der Waals surface area contributed by atoms with Crippen molar-refractivity contribution in [3.63, 3.8) is 0 Å². The van der Waals surface area contributed by atoms with Crippen LogP contribution in [0, 0.1) is 17.0 Å². The minimum absolute atomic E-state index is 0.0259. The molecule has 11 nitrogen and oxygen atoms in total. The summed E-state index contributed by atoms with van der Waals surface area (Å²) in [6.45, 7) is 5.13. The smallest absolute Gasteiger partial charge is 0.271 e. The molecule has 2 aromatic carbocycles. The number of carbonyl (C=O) groups excluding carboxylic acids is 2. The summed E-state index contributed by atoms with van der Waals surface area (Å²) in [5, 5.41) is 14.1. The zero-order valence-electron chi connectivity index (χ0n) is 21.8. The lowest BCUT2D eigenvalue weighted by atomic mass is 10.1. The van der Waals surface area contributed by atoms with Crippen LogP contribution in [0.15, 0.2) is 42.5 Å². The molecule has 2 aromatic rings. The fourth-order valence-corrected chi connectivity index (χ4v) is 4.69. The number of anilines is 1. The Morgan fingerprint density at radius 1 is 1.14 bits per heavy atom. The Morgan fingerprint density at radius 3 is 2.30 bits per heavy atom. The number of methoxy groups -OCH3 is 1. The largest absolute Gasteiger partial charge is 0.497 e. The van der Waals surface area contributed by atoms with Gasteiger partial charge >= 0.3 is 0 Å². The molecule has 0 fully saturated rings. The van der Waals surface area contributed by atoms with E-state index in [1.54, 1.807) is 38.1 Å². The highest BCUT2D eigenvalue weighted by molar-refractivity contribution is 7.92. The molecule has 1 N–H and O–H groups in total. The topological polar surface area (TPSA) is 139 Å². The van der Waals surface area contributed by atoms with Gasteiger partial charge in [0.1, 0.15) is 18.3 Å². The molecule has 0 aliphatic rings. The van der Waals surface area contributed by atoms with E-state index in [-0.39, 0.29) is 23.8 Å². The average Bonchev–Trinajstić information content (AvgIpc) is 2.85. The van der Waals surface area contributed by atoms with Crippen LogP contribution in [-0.2, 0) is 26.2 Å². The van der Waals surface area contributed by atoms with Crippen LogP contribution in [-0.4, -0.2) is 62.6 Å². The first-order chi connectivity index (χ1) is 17.4. The number of rotatable bonds is 13. The zero-order valence-corrected chi connectivity index (χ0v) is 22.6. The summed E-state index contributed by atoms with van der Waals surface area (Å²) >= 11 is 0. The van der Waals surface area contributed by atoms with E-state index in [0.29, 0.717) is 36.3 Å². The second-order valence-corrected chi connectivity index (χ2v) is 10.5. The summed E-state index contributed by atoms with van der Waals surface area (Å²) in [6.07, 6.45) is 1.94. The molecule has 0 bridgehead atoms. The lowest BCUT2D eigenvalue weighted by Crippen LogP contribution is -2.52. The van der Waals surface area contributed by atoms with Crippen molar-refractivity contribution in [1.29, 1.82) is 0 Å². The van der Waals surface area contributed by atoms with Gasteiger partial charge in [0.15, 0.2) is 0 Å². The number of nitrogens with one attached hydrogen (secondary N) is 1. The van der Waals surface area contributed by atoms with Crippen molar-refractivity contribution in [2.24, 2.45) is 0 Å². The fraction of sp³-hybridized carbons (Fsp3) is 0.440. The van der Waals surface area contributed by atoms with Gasteiger partial charge in [-0.2, -0.15) is 0 Å². The van der Waals surface area contributed by atoms with Gasteiger partial charge in [0.2, 0.25) is 21.8 Å². The first kappa shape index (κ1) is 29.6. The molecule has 37 heavy (non-hydrogen) atoms. The molecular weight excluding hydrogens is 500 g/mol. The molecule has 0 saturated carbocycles. The average molecular weight is 535 g/mol. The van der Waals surface area contributed by atoms with Gasteiger partial charge in [0.25, 0.3) is 5.69 Å². The van der Waals surface area contributed by atoms with Gasteiger partial charge < -0.3 is 15.0 Å². The molecule has 0 spiro atoms. The molecule has 0 heterocycles. The van der Waals surface area contributed by atoms with Crippen LogP contribution in [0.4, 0.5) is 11.4 Å². The number of nitrogens with zero attached hydrogens (tertiary/aromatic N) is 3. The Hall–Kier alpha value is -3.67. The number of nitro groups is 1. The van der Waals surface area contributed by atoms with E-state index in [9.17, 15) is 28.1 Å². The molecule has 2 rings (SSSR count). The molecule has 0 aliphatic carbocycles. The van der Waals surface area contributed by atoms with E-state index in [0.717, 1.165) is 16.6 Å². The zero-order chi connectivity index (χ0) is 27.8. The minimum atomic E-state index is -4.01. The van der Waals surface area contributed by atoms with Gasteiger partial charge in [0.05, 0.1) is 24.0 Å². The number of ether oxygens (including phenoxy) is 1. The van der Waals surface area contributed by atoms with Gasteiger partial charge in [-0.25, -0.2) is 8.42 Å². The van der Waals surface area contributed by atoms with Crippen molar-refractivity contribution < 1.29 is 27.7 Å². The lowest BCUT2D eigenvalue weighted by molar-refractivity contribution is -0.384. The van der Waals surface area contributed by atoms with Crippen LogP contribution in [0.1, 0.15) is 37.8 Å². The Bertz CT molecular complexity index is 1220. The SMILES string of the molecule is CCCNC(=O)[C@H](CC)N(Cc1ccc(OC)cc1)C(=O)CN(c1cc([N+](=O)[O-])ccc1C)S(C)(=O)=O. The van der Waals surface area contributed by atoms with Crippen molar-refractivity contribution in [1.82, 2.24) is 10.2 Å². The molecule has 0 aliphatic heterocycles. The summed E-state index contributed by atoms with van der Waals surface area (Å²) in [6, 6.07) is 9.94. The van der Waals surface area contributed by atoms with Crippen LogP contribution < -0.4 is 14.4 Å². The highest BCUT2D eigenvalue weighted by Crippen LogP contribution is 2.28. The number of sulfonamides is 1. The molecule has 202 valence electrons. The lowest BCUT2D eigenvalue weighted by Gasteiger charge is -2.33. The van der Waals surface area contributed by atoms with Gasteiger partial charge in [-0.15, -0.1) is 0 Å². The molecule has 2 amide bonds. The highest BCUT2D eigenvalue weighted by Gasteiger charge is 2.32. The molecule has 0 aromatic heterocycles. The summed E-state index contributed by atoms with van der Waals surface area (Å²) in [7, 11) is -2.48. The maximum Gasteiger partial charge on any atom is 0.271 e. The molecule has 0 saturated heterocycles. The van der Waals surface area contributed by atoms with Gasteiger partial charge in [-0.05, 0) is 43.0 Å². The normalized spacial score (nSPS) is 11.9. The van der Waals surface area contributed by atoms with E-state index in [1.807, 2.05) is 6.92 Å². The minimum Gasteiger partial charge on any atom is -0.497 e. The van der Waals surface area contributed by atoms with E-state index in [2.05, 4.69) is 5.32 Å². The number of hydrogen-bond donors (Lipinski definition) is 1. The number of non-ortho nitro benzene ring substituents is 1. The summed E-state index contributed by atoms with van der Waals surface area (Å²) in [4.78, 5) is 38.7. The molecule has 0 unspecified atom stereocenters. The Morgan fingerprint density at radius 2 is 1.78 bits per heavy atom. The maximum atomic E-state index is 13.7. The monoisotopic (exact) mass is 534 g/mol. The number of nitro benzene ring substituents is 1. The predicted octanol–water partition coefficient (Wildman–Crippen LogP) is 3.01. The number of aryl methyl sites for hydroxylation is 1. The first-order valence-corrected chi connectivity index (χ1v) is 13.7. The van der Waals surface area contributed by atoms with Crippen molar-refractivity contribution in [3.8, 4) is 5.75 Å². The van der Waals surface area contributed by atoms with Gasteiger partial charge in [-0.1, -0.05) is 32.0 Å². The van der Waals surface area contributed by atoms with E-state index >= 15 is 0 Å². The molecule has 1 atom stereocenters. The summed E-state index contributed by atoms with van der Waals surface area (Å²) < 4.78 is 31.5. The number of carbonyl (C=O) groups is 2. The fourth-order valence-electron chi connectivity index (χ4n) is 3.79. The second kappa shape index (κ2) is 13.0. The highest BCUT2D eigenvalue weighted by atomic mass is 32.2. The Labute approximate surface area is 217 Å². The van der Waals surface area contributed by atoms with Crippen LogP contribution >= 0.6 is 0 Å². The molecule has 12 heteroatoms. The number of benzene rings is 2. The molecule has 0 radical (unpaired) electrons. The Kier molecular flexibility index (Phi) is 10.4. The van der Waals surface area contributed by atoms with Crippen LogP contribution in [0.5, 0.6) is 5.75 Å². The summed E-state index contributed by atoms with van der Waals surface area (Å²) in [5.74, 6) is -0.340. The third-order valence-electron chi connectivity index (χ3n) is 5.80.